The summed E-state index contributed by atoms with van der Waals surface area (Å²) in [5.41, 5.74) is 8.30. The van der Waals surface area contributed by atoms with E-state index in [0.29, 0.717) is 0 Å². The molecule has 0 aliphatic rings. The predicted molar refractivity (Wildman–Crippen MR) is 113 cm³/mol. The van der Waals surface area contributed by atoms with Crippen LogP contribution in [0, 0.1) is 13.8 Å². The van der Waals surface area contributed by atoms with Gasteiger partial charge in [0, 0.05) is 45.7 Å². The maximum absolute atomic E-state index is 2.49. The van der Waals surface area contributed by atoms with Crippen molar-refractivity contribution in [2.45, 2.75) is 40.8 Å². The first-order chi connectivity index (χ1) is 12.7. The fourth-order valence-electron chi connectivity index (χ4n) is 5.04. The molecule has 0 aliphatic heterocycles. The molecule has 0 amide bonds. The van der Waals surface area contributed by atoms with E-state index in [1.807, 2.05) is 0 Å². The molecule has 0 fully saturated rings. The van der Waals surface area contributed by atoms with E-state index in [1.54, 1.807) is 0 Å². The number of benzene rings is 3. The van der Waals surface area contributed by atoms with Crippen molar-refractivity contribution in [1.29, 1.82) is 0 Å². The summed E-state index contributed by atoms with van der Waals surface area (Å²) in [6.07, 6.45) is 0. The van der Waals surface area contributed by atoms with Crippen LogP contribution in [0.3, 0.4) is 0 Å². The summed E-state index contributed by atoms with van der Waals surface area (Å²) < 4.78 is 4.98. The number of hydrogen-bond donors (Lipinski definition) is 0. The second-order valence-corrected chi connectivity index (χ2v) is 7.22. The largest absolute Gasteiger partial charge is 0.340 e. The molecular weight excluding hydrogens is 316 g/mol. The molecular formula is C24H24N2. The zero-order valence-corrected chi connectivity index (χ0v) is 15.9. The Morgan fingerprint density at radius 2 is 1.04 bits per heavy atom. The predicted octanol–water partition coefficient (Wildman–Crippen LogP) is 6.56. The highest BCUT2D eigenvalue weighted by molar-refractivity contribution is 6.22. The third kappa shape index (κ3) is 1.72. The third-order valence-electron chi connectivity index (χ3n) is 6.03. The van der Waals surface area contributed by atoms with Crippen molar-refractivity contribution in [3.05, 3.63) is 59.7 Å². The highest BCUT2D eigenvalue weighted by atomic mass is 15.0. The lowest BCUT2D eigenvalue weighted by Gasteiger charge is -2.12. The minimum atomic E-state index is 0.988. The van der Waals surface area contributed by atoms with Gasteiger partial charge in [-0.05, 0) is 51.0 Å². The number of hydrogen-bond acceptors (Lipinski definition) is 0. The number of nitrogens with zero attached hydrogens (tertiary/aromatic N) is 2. The van der Waals surface area contributed by atoms with E-state index in [0.717, 1.165) is 13.1 Å². The van der Waals surface area contributed by atoms with Crippen LogP contribution in [-0.2, 0) is 13.1 Å². The molecule has 3 aromatic carbocycles. The Morgan fingerprint density at radius 3 is 1.46 bits per heavy atom. The Labute approximate surface area is 153 Å². The zero-order chi connectivity index (χ0) is 18.0. The van der Waals surface area contributed by atoms with E-state index < -0.39 is 0 Å². The minimum absolute atomic E-state index is 0.988. The average Bonchev–Trinajstić information content (AvgIpc) is 3.19. The third-order valence-corrected chi connectivity index (χ3v) is 6.03. The molecule has 0 saturated heterocycles. The lowest BCUT2D eigenvalue weighted by atomic mass is 9.98. The van der Waals surface area contributed by atoms with Gasteiger partial charge in [-0.25, -0.2) is 0 Å². The van der Waals surface area contributed by atoms with Crippen molar-refractivity contribution in [3.8, 4) is 0 Å². The van der Waals surface area contributed by atoms with Crippen LogP contribution in [0.2, 0.25) is 0 Å². The van der Waals surface area contributed by atoms with Crippen molar-refractivity contribution >= 4 is 43.6 Å². The summed E-state index contributed by atoms with van der Waals surface area (Å²) in [6.45, 7) is 11.1. The van der Waals surface area contributed by atoms with E-state index in [1.165, 1.54) is 54.7 Å². The van der Waals surface area contributed by atoms with Crippen molar-refractivity contribution in [2.24, 2.45) is 0 Å². The van der Waals surface area contributed by atoms with E-state index in [2.05, 4.69) is 85.4 Å². The lowest BCUT2D eigenvalue weighted by molar-refractivity contribution is 0.815. The van der Waals surface area contributed by atoms with Crippen LogP contribution < -0.4 is 0 Å². The first-order valence-corrected chi connectivity index (χ1v) is 9.60. The molecule has 26 heavy (non-hydrogen) atoms. The number of rotatable bonds is 2. The van der Waals surface area contributed by atoms with Gasteiger partial charge in [0.1, 0.15) is 0 Å². The molecule has 5 rings (SSSR count). The second kappa shape index (κ2) is 5.38. The van der Waals surface area contributed by atoms with Crippen LogP contribution in [0.5, 0.6) is 0 Å². The smallest absolute Gasteiger partial charge is 0.0545 e. The van der Waals surface area contributed by atoms with Crippen molar-refractivity contribution < 1.29 is 0 Å². The Bertz CT molecular complexity index is 1220. The Kier molecular flexibility index (Phi) is 3.21. The number of fused-ring (bicyclic) bond motifs is 6. The summed E-state index contributed by atoms with van der Waals surface area (Å²) in [7, 11) is 0. The summed E-state index contributed by atoms with van der Waals surface area (Å²) >= 11 is 0. The van der Waals surface area contributed by atoms with Crippen molar-refractivity contribution in [2.75, 3.05) is 0 Å². The van der Waals surface area contributed by atoms with Crippen LogP contribution in [0.4, 0.5) is 0 Å². The second-order valence-electron chi connectivity index (χ2n) is 7.22. The van der Waals surface area contributed by atoms with Gasteiger partial charge in [-0.1, -0.05) is 36.4 Å². The summed E-state index contributed by atoms with van der Waals surface area (Å²) in [5.74, 6) is 0. The maximum atomic E-state index is 2.49. The molecule has 0 N–H and O–H groups in total. The van der Waals surface area contributed by atoms with E-state index in [-0.39, 0.29) is 0 Å². The van der Waals surface area contributed by atoms with Crippen LogP contribution >= 0.6 is 0 Å². The summed E-state index contributed by atoms with van der Waals surface area (Å²) in [4.78, 5) is 0. The molecule has 2 nitrogen and oxygen atoms in total. The Balaban J connectivity index is 2.19. The molecule has 2 aromatic heterocycles. The van der Waals surface area contributed by atoms with Crippen LogP contribution in [0.15, 0.2) is 48.5 Å². The number of aromatic nitrogens is 2. The fraction of sp³-hybridized carbons (Fsp3) is 0.250. The topological polar surface area (TPSA) is 9.86 Å². The van der Waals surface area contributed by atoms with E-state index in [4.69, 9.17) is 0 Å². The molecule has 130 valence electrons. The van der Waals surface area contributed by atoms with Crippen LogP contribution in [0.25, 0.3) is 43.6 Å². The first kappa shape index (κ1) is 15.5. The highest BCUT2D eigenvalue weighted by Crippen LogP contribution is 2.42. The van der Waals surface area contributed by atoms with Gasteiger partial charge in [0.05, 0.1) is 11.0 Å². The van der Waals surface area contributed by atoms with Gasteiger partial charge in [0.15, 0.2) is 0 Å². The highest BCUT2D eigenvalue weighted by Gasteiger charge is 2.21. The Morgan fingerprint density at radius 1 is 0.615 bits per heavy atom. The Hall–Kier alpha value is -2.74. The van der Waals surface area contributed by atoms with Crippen molar-refractivity contribution in [3.63, 3.8) is 0 Å². The molecule has 5 aromatic rings. The molecule has 0 spiro atoms. The summed E-state index contributed by atoms with van der Waals surface area (Å²) in [6, 6.07) is 17.7. The zero-order valence-electron chi connectivity index (χ0n) is 15.9. The van der Waals surface area contributed by atoms with Gasteiger partial charge in [-0.15, -0.1) is 0 Å². The van der Waals surface area contributed by atoms with Crippen LogP contribution in [0.1, 0.15) is 25.0 Å². The van der Waals surface area contributed by atoms with E-state index >= 15 is 0 Å². The molecule has 2 heteroatoms. The average molecular weight is 340 g/mol. The summed E-state index contributed by atoms with van der Waals surface area (Å²) in [5, 5.41) is 5.60. The fourth-order valence-corrected chi connectivity index (χ4v) is 5.04. The van der Waals surface area contributed by atoms with E-state index in [9.17, 15) is 0 Å². The number of para-hydroxylation sites is 2. The number of aryl methyl sites for hydroxylation is 4. The van der Waals surface area contributed by atoms with Gasteiger partial charge in [0.25, 0.3) is 0 Å². The van der Waals surface area contributed by atoms with Gasteiger partial charge in [0.2, 0.25) is 0 Å². The molecule has 0 unspecified atom stereocenters. The van der Waals surface area contributed by atoms with Crippen LogP contribution in [-0.4, -0.2) is 9.13 Å². The molecule has 0 bridgehead atoms. The normalized spacial score (nSPS) is 12.2. The first-order valence-electron chi connectivity index (χ1n) is 9.60. The van der Waals surface area contributed by atoms with Gasteiger partial charge in [-0.3, -0.25) is 0 Å². The molecule has 0 saturated carbocycles. The molecule has 0 aliphatic carbocycles. The van der Waals surface area contributed by atoms with Crippen molar-refractivity contribution in [1.82, 2.24) is 9.13 Å². The lowest BCUT2D eigenvalue weighted by Crippen LogP contribution is -1.99. The SMILES string of the molecule is CCn1c2ccccc2c2c(C)c3c4ccccc4n(CC)c3c(C)c21. The standard InChI is InChI=1S/C24H24N2/c1-5-25-19-13-9-7-11-17(19)21-15(3)22-18-12-8-10-14-20(18)26(6-2)24(22)16(4)23(21)25/h7-14H,5-6H2,1-4H3. The monoisotopic (exact) mass is 340 g/mol. The quantitative estimate of drug-likeness (QED) is 0.344. The van der Waals surface area contributed by atoms with Gasteiger partial charge >= 0.3 is 0 Å². The van der Waals surface area contributed by atoms with Gasteiger partial charge in [-0.2, -0.15) is 0 Å². The van der Waals surface area contributed by atoms with Gasteiger partial charge < -0.3 is 9.13 Å². The minimum Gasteiger partial charge on any atom is -0.340 e. The molecule has 0 radical (unpaired) electrons. The maximum Gasteiger partial charge on any atom is 0.0545 e. The molecule has 0 atom stereocenters. The molecule has 2 heterocycles.